The highest BCUT2D eigenvalue weighted by Gasteiger charge is 2.58. The van der Waals surface area contributed by atoms with Crippen LogP contribution < -0.4 is 4.74 Å². The number of hydrogen-bond donors (Lipinski definition) is 2. The van der Waals surface area contributed by atoms with E-state index in [-0.39, 0.29) is 35.4 Å². The number of likely N-dealkylation sites (tertiary alicyclic amines) is 1. The molecule has 0 bridgehead atoms. The van der Waals surface area contributed by atoms with Crippen LogP contribution >= 0.6 is 22.6 Å². The van der Waals surface area contributed by atoms with Crippen molar-refractivity contribution in [3.8, 4) is 11.5 Å². The van der Waals surface area contributed by atoms with E-state index in [9.17, 15) is 19.7 Å². The van der Waals surface area contributed by atoms with Gasteiger partial charge in [0.15, 0.2) is 11.5 Å². The van der Waals surface area contributed by atoms with Gasteiger partial charge in [0.2, 0.25) is 11.8 Å². The van der Waals surface area contributed by atoms with E-state index in [0.29, 0.717) is 22.2 Å². The molecule has 2 amide bonds. The van der Waals surface area contributed by atoms with E-state index >= 15 is 0 Å². The first-order chi connectivity index (χ1) is 16.3. The Bertz CT molecular complexity index is 1040. The summed E-state index contributed by atoms with van der Waals surface area (Å²) in [5.74, 6) is -0.722. The Balaban J connectivity index is 1.51. The zero-order valence-corrected chi connectivity index (χ0v) is 21.8. The molecule has 0 aromatic heterocycles. The van der Waals surface area contributed by atoms with Crippen LogP contribution in [0.1, 0.15) is 70.0 Å². The van der Waals surface area contributed by atoms with E-state index < -0.39 is 19.1 Å². The van der Waals surface area contributed by atoms with Crippen LogP contribution in [0.2, 0.25) is 0 Å². The molecule has 1 aromatic carbocycles. The number of hydrogen-bond acceptors (Lipinski definition) is 6. The molecule has 3 fully saturated rings. The number of fused-ring (bicyclic) bond motifs is 3. The van der Waals surface area contributed by atoms with Crippen LogP contribution in [0.15, 0.2) is 23.2 Å². The highest BCUT2D eigenvalue weighted by molar-refractivity contribution is 14.1. The van der Waals surface area contributed by atoms with Crippen LogP contribution in [-0.4, -0.2) is 47.1 Å². The number of carbonyl (C=O) groups excluding carboxylic acids is 2. The number of benzene rings is 1. The van der Waals surface area contributed by atoms with Crippen molar-refractivity contribution in [2.24, 2.45) is 17.8 Å². The molecule has 4 atom stereocenters. The second kappa shape index (κ2) is 9.46. The van der Waals surface area contributed by atoms with Gasteiger partial charge in [-0.15, -0.1) is 0 Å². The first-order valence-corrected chi connectivity index (χ1v) is 13.4. The van der Waals surface area contributed by atoms with Crippen LogP contribution in [0.5, 0.6) is 11.5 Å². The zero-order chi connectivity index (χ0) is 24.1. The van der Waals surface area contributed by atoms with Crippen molar-refractivity contribution in [2.45, 2.75) is 70.4 Å². The minimum Gasteiger partial charge on any atom is -0.504 e. The molecule has 2 N–H and O–H groups in total. The lowest BCUT2D eigenvalue weighted by atomic mass is 9.55. The maximum absolute atomic E-state index is 13.8. The van der Waals surface area contributed by atoms with Crippen molar-refractivity contribution in [1.29, 1.82) is 0 Å². The maximum atomic E-state index is 13.8. The number of aromatic hydroxyl groups is 1. The minimum atomic E-state index is -1.12. The fourth-order valence-electron chi connectivity index (χ4n) is 6.62. The summed E-state index contributed by atoms with van der Waals surface area (Å²) in [6.07, 6.45) is 6.32. The van der Waals surface area contributed by atoms with Crippen LogP contribution in [0.25, 0.3) is 0 Å². The summed E-state index contributed by atoms with van der Waals surface area (Å²) in [5.41, 5.74) is 2.62. The second-order valence-electron chi connectivity index (χ2n) is 9.96. The number of allylic oxidation sites excluding steroid dienone is 2. The topological polar surface area (TPSA) is 96.3 Å². The van der Waals surface area contributed by atoms with Gasteiger partial charge in [-0.25, -0.2) is 0 Å². The number of nitrogens with zero attached hydrogens (tertiary/aromatic N) is 1. The van der Waals surface area contributed by atoms with E-state index in [1.165, 1.54) is 7.11 Å². The van der Waals surface area contributed by atoms with Gasteiger partial charge in [0, 0.05) is 6.04 Å². The molecule has 4 aliphatic rings. The van der Waals surface area contributed by atoms with Crippen molar-refractivity contribution in [3.05, 3.63) is 32.3 Å². The molecule has 1 aromatic rings. The predicted molar refractivity (Wildman–Crippen MR) is 135 cm³/mol. The van der Waals surface area contributed by atoms with E-state index in [1.807, 2.05) is 35.6 Å². The van der Waals surface area contributed by atoms with Gasteiger partial charge in [-0.1, -0.05) is 31.8 Å². The molecule has 9 heteroatoms. The smallest absolute Gasteiger partial charge is 0.487 e. The lowest BCUT2D eigenvalue weighted by Crippen LogP contribution is -2.45. The Morgan fingerprint density at radius 1 is 1.18 bits per heavy atom. The standard InChI is InChI=1S/C25H31BINO6/c1-3-13-9-17-21(25(31)28(24(17)30)15-7-5-4-6-8-15)16-12-19(34-26(32)22(13)16)14-10-18(27)23(29)20(11-14)33-2/h10-11,15-17,19,21,29,32H,3-9,12H2,1-2H3/t16-,17-,19-,21+/m0/s1. The average Bonchev–Trinajstić information content (AvgIpc) is 3.10. The molecule has 182 valence electrons. The largest absolute Gasteiger partial charge is 0.504 e. The van der Waals surface area contributed by atoms with Gasteiger partial charge in [-0.2, -0.15) is 0 Å². The molecule has 2 saturated heterocycles. The van der Waals surface area contributed by atoms with E-state index in [4.69, 9.17) is 9.39 Å². The Hall–Kier alpha value is -1.59. The fraction of sp³-hybridized carbons (Fsp3) is 0.600. The van der Waals surface area contributed by atoms with Crippen LogP contribution in [0, 0.1) is 21.3 Å². The molecule has 0 unspecified atom stereocenters. The quantitative estimate of drug-likeness (QED) is 0.317. The summed E-state index contributed by atoms with van der Waals surface area (Å²) < 4.78 is 12.0. The third kappa shape index (κ3) is 3.87. The normalized spacial score (nSPS) is 30.0. The van der Waals surface area contributed by atoms with E-state index in [1.54, 1.807) is 11.0 Å². The van der Waals surface area contributed by atoms with Gasteiger partial charge in [0.1, 0.15) is 0 Å². The third-order valence-corrected chi connectivity index (χ3v) is 9.08. The summed E-state index contributed by atoms with van der Waals surface area (Å²) in [4.78, 5) is 28.9. The molecular formula is C25H31BINO6. The molecule has 2 aliphatic heterocycles. The van der Waals surface area contributed by atoms with Crippen LogP contribution in [0.3, 0.4) is 0 Å². The van der Waals surface area contributed by atoms with Crippen molar-refractivity contribution in [1.82, 2.24) is 4.90 Å². The highest BCUT2D eigenvalue weighted by atomic mass is 127. The highest BCUT2D eigenvalue weighted by Crippen LogP contribution is 2.53. The van der Waals surface area contributed by atoms with Gasteiger partial charge in [-0.3, -0.25) is 14.5 Å². The fourth-order valence-corrected chi connectivity index (χ4v) is 7.25. The van der Waals surface area contributed by atoms with Crippen molar-refractivity contribution in [3.63, 3.8) is 0 Å². The first kappa shape index (κ1) is 24.1. The Morgan fingerprint density at radius 2 is 1.91 bits per heavy atom. The Morgan fingerprint density at radius 3 is 2.59 bits per heavy atom. The first-order valence-electron chi connectivity index (χ1n) is 12.3. The van der Waals surface area contributed by atoms with Crippen molar-refractivity contribution >= 4 is 41.5 Å². The van der Waals surface area contributed by atoms with E-state index in [2.05, 4.69) is 0 Å². The summed E-state index contributed by atoms with van der Waals surface area (Å²) in [5, 5.41) is 21.4. The molecule has 5 rings (SSSR count). The van der Waals surface area contributed by atoms with Gasteiger partial charge >= 0.3 is 7.12 Å². The third-order valence-electron chi connectivity index (χ3n) is 8.25. The van der Waals surface area contributed by atoms with Crippen molar-refractivity contribution < 1.29 is 29.1 Å². The van der Waals surface area contributed by atoms with Gasteiger partial charge < -0.3 is 19.5 Å². The Kier molecular flexibility index (Phi) is 6.71. The average molecular weight is 579 g/mol. The lowest BCUT2D eigenvalue weighted by Gasteiger charge is -2.42. The Labute approximate surface area is 214 Å². The summed E-state index contributed by atoms with van der Waals surface area (Å²) in [6.45, 7) is 2.03. The molecule has 2 aliphatic carbocycles. The number of carbonyl (C=O) groups is 2. The molecule has 2 heterocycles. The van der Waals surface area contributed by atoms with Gasteiger partial charge in [0.05, 0.1) is 28.6 Å². The SMILES string of the molecule is CCC1=C2B(O)O[C@H](c3cc(I)c(O)c(OC)c3)C[C@H]2[C@H]2C(=O)N(C3CCCCC3)C(=O)[C@H]2C1. The number of phenolic OH excluding ortho intramolecular Hbond substituents is 1. The number of phenols is 1. The van der Waals surface area contributed by atoms with E-state index in [0.717, 1.165) is 55.1 Å². The number of halogens is 1. The number of rotatable bonds is 4. The molecule has 34 heavy (non-hydrogen) atoms. The van der Waals surface area contributed by atoms with Gasteiger partial charge in [0.25, 0.3) is 0 Å². The summed E-state index contributed by atoms with van der Waals surface area (Å²) in [7, 11) is 0.373. The number of methoxy groups -OCH3 is 1. The molecular weight excluding hydrogens is 548 g/mol. The lowest BCUT2D eigenvalue weighted by molar-refractivity contribution is -0.143. The molecule has 7 nitrogen and oxygen atoms in total. The maximum Gasteiger partial charge on any atom is 0.487 e. The zero-order valence-electron chi connectivity index (χ0n) is 19.6. The van der Waals surface area contributed by atoms with Crippen molar-refractivity contribution in [2.75, 3.05) is 7.11 Å². The summed E-state index contributed by atoms with van der Waals surface area (Å²) >= 11 is 2.04. The number of amides is 2. The molecule has 0 spiro atoms. The predicted octanol–water partition coefficient (Wildman–Crippen LogP) is 4.15. The van der Waals surface area contributed by atoms with Gasteiger partial charge in [-0.05, 0) is 83.8 Å². The monoisotopic (exact) mass is 579 g/mol. The number of ether oxygens (including phenoxy) is 1. The molecule has 1 saturated carbocycles. The number of imide groups is 1. The summed E-state index contributed by atoms with van der Waals surface area (Å²) in [6, 6.07) is 3.55. The van der Waals surface area contributed by atoms with Crippen LogP contribution in [-0.2, 0) is 14.2 Å². The molecule has 0 radical (unpaired) electrons. The minimum absolute atomic E-state index is 0.0105. The van der Waals surface area contributed by atoms with Crippen LogP contribution in [0.4, 0.5) is 0 Å². The second-order valence-corrected chi connectivity index (χ2v) is 11.1.